The molecule has 0 aliphatic carbocycles. The number of anilines is 1. The van der Waals surface area contributed by atoms with Gasteiger partial charge in [-0.25, -0.2) is 0 Å². The number of carbonyl (C=O) groups is 2. The largest absolute Gasteiger partial charge is 0.471 e. The van der Waals surface area contributed by atoms with Gasteiger partial charge in [0, 0.05) is 5.69 Å². The van der Waals surface area contributed by atoms with Crippen LogP contribution in [0.1, 0.15) is 11.1 Å². The summed E-state index contributed by atoms with van der Waals surface area (Å²) < 4.78 is 35.6. The second-order valence-electron chi connectivity index (χ2n) is 4.03. The molecule has 19 heavy (non-hydrogen) atoms. The predicted octanol–water partition coefficient (Wildman–Crippen LogP) is 1.92. The Morgan fingerprint density at radius 1 is 1.16 bits per heavy atom. The lowest BCUT2D eigenvalue weighted by Crippen LogP contribution is -2.41. The van der Waals surface area contributed by atoms with E-state index in [0.29, 0.717) is 5.69 Å². The fourth-order valence-electron chi connectivity index (χ4n) is 1.29. The number of amides is 2. The van der Waals surface area contributed by atoms with E-state index in [1.54, 1.807) is 18.2 Å². The molecule has 104 valence electrons. The van der Waals surface area contributed by atoms with Crippen LogP contribution in [0.25, 0.3) is 0 Å². The van der Waals surface area contributed by atoms with Crippen LogP contribution < -0.4 is 10.6 Å². The van der Waals surface area contributed by atoms with Crippen LogP contribution in [0.2, 0.25) is 0 Å². The summed E-state index contributed by atoms with van der Waals surface area (Å²) in [6.45, 7) is 3.01. The minimum atomic E-state index is -4.99. The van der Waals surface area contributed by atoms with Crippen molar-refractivity contribution in [2.45, 2.75) is 20.0 Å². The first-order chi connectivity index (χ1) is 8.70. The average molecular weight is 274 g/mol. The van der Waals surface area contributed by atoms with Gasteiger partial charge in [0.1, 0.15) is 0 Å². The fraction of sp³-hybridized carbons (Fsp3) is 0.333. The molecule has 0 radical (unpaired) electrons. The van der Waals surface area contributed by atoms with Crippen LogP contribution in [0.15, 0.2) is 18.2 Å². The summed E-state index contributed by atoms with van der Waals surface area (Å²) in [6.07, 6.45) is -4.99. The molecule has 2 N–H and O–H groups in total. The van der Waals surface area contributed by atoms with Crippen molar-refractivity contribution in [2.24, 2.45) is 0 Å². The van der Waals surface area contributed by atoms with Gasteiger partial charge in [-0.05, 0) is 37.1 Å². The Kier molecular flexibility index (Phi) is 4.52. The third kappa shape index (κ3) is 4.61. The van der Waals surface area contributed by atoms with Gasteiger partial charge in [-0.1, -0.05) is 6.07 Å². The maximum Gasteiger partial charge on any atom is 0.471 e. The van der Waals surface area contributed by atoms with Gasteiger partial charge in [0.25, 0.3) is 0 Å². The molecule has 0 unspecified atom stereocenters. The van der Waals surface area contributed by atoms with Gasteiger partial charge in [-0.2, -0.15) is 13.2 Å². The molecule has 1 aromatic rings. The van der Waals surface area contributed by atoms with Gasteiger partial charge >= 0.3 is 12.1 Å². The normalized spacial score (nSPS) is 11.0. The highest BCUT2D eigenvalue weighted by Crippen LogP contribution is 2.15. The van der Waals surface area contributed by atoms with Crippen molar-refractivity contribution < 1.29 is 22.8 Å². The molecule has 1 rings (SSSR count). The van der Waals surface area contributed by atoms with E-state index >= 15 is 0 Å². The highest BCUT2D eigenvalue weighted by atomic mass is 19.4. The molecule has 2 amide bonds. The van der Waals surface area contributed by atoms with Crippen molar-refractivity contribution in [1.29, 1.82) is 0 Å². The molecule has 1 aromatic carbocycles. The number of halogens is 3. The fourth-order valence-corrected chi connectivity index (χ4v) is 1.29. The smallest absolute Gasteiger partial charge is 0.339 e. The summed E-state index contributed by atoms with van der Waals surface area (Å²) in [5.41, 5.74) is 2.44. The summed E-state index contributed by atoms with van der Waals surface area (Å²) >= 11 is 0. The van der Waals surface area contributed by atoms with E-state index in [0.717, 1.165) is 11.1 Å². The first-order valence-corrected chi connectivity index (χ1v) is 5.42. The third-order valence-corrected chi connectivity index (χ3v) is 2.46. The maximum atomic E-state index is 11.9. The Labute approximate surface area is 108 Å². The molecule has 0 saturated carbocycles. The number of hydrogen-bond acceptors (Lipinski definition) is 2. The lowest BCUT2D eigenvalue weighted by molar-refractivity contribution is -0.173. The molecule has 0 atom stereocenters. The van der Waals surface area contributed by atoms with Crippen molar-refractivity contribution in [3.8, 4) is 0 Å². The molecule has 0 aliphatic rings. The summed E-state index contributed by atoms with van der Waals surface area (Å²) in [7, 11) is 0. The number of nitrogens with one attached hydrogen (secondary N) is 2. The van der Waals surface area contributed by atoms with Gasteiger partial charge < -0.3 is 10.6 Å². The van der Waals surface area contributed by atoms with Gasteiger partial charge in [-0.15, -0.1) is 0 Å². The van der Waals surface area contributed by atoms with Crippen LogP contribution in [0.4, 0.5) is 18.9 Å². The van der Waals surface area contributed by atoms with E-state index in [2.05, 4.69) is 5.32 Å². The molecule has 0 aromatic heterocycles. The van der Waals surface area contributed by atoms with Crippen LogP contribution in [0, 0.1) is 13.8 Å². The first kappa shape index (κ1) is 15.0. The standard InChI is InChI=1S/C12H13F3N2O2/c1-7-3-4-9(5-8(7)2)17-10(18)6-16-11(19)12(13,14)15/h3-5H,6H2,1-2H3,(H,16,19)(H,17,18). The van der Waals surface area contributed by atoms with Crippen molar-refractivity contribution in [2.75, 3.05) is 11.9 Å². The predicted molar refractivity (Wildman–Crippen MR) is 63.6 cm³/mol. The van der Waals surface area contributed by atoms with E-state index in [1.807, 2.05) is 13.8 Å². The van der Waals surface area contributed by atoms with E-state index in [1.165, 1.54) is 5.32 Å². The number of alkyl halides is 3. The molecule has 0 heterocycles. The van der Waals surface area contributed by atoms with Gasteiger partial charge in [0.2, 0.25) is 5.91 Å². The zero-order valence-electron chi connectivity index (χ0n) is 10.4. The summed E-state index contributed by atoms with van der Waals surface area (Å²) in [5, 5.41) is 3.89. The Bertz CT molecular complexity index is 498. The highest BCUT2D eigenvalue weighted by Gasteiger charge is 2.38. The summed E-state index contributed by atoms with van der Waals surface area (Å²) in [4.78, 5) is 21.9. The van der Waals surface area contributed by atoms with Crippen molar-refractivity contribution in [3.05, 3.63) is 29.3 Å². The second kappa shape index (κ2) is 5.73. The molecule has 4 nitrogen and oxygen atoms in total. The van der Waals surface area contributed by atoms with Gasteiger partial charge in [0.05, 0.1) is 6.54 Å². The van der Waals surface area contributed by atoms with Gasteiger partial charge in [0.15, 0.2) is 0 Å². The molecule has 0 fully saturated rings. The third-order valence-electron chi connectivity index (χ3n) is 2.46. The molecule has 0 spiro atoms. The number of carbonyl (C=O) groups excluding carboxylic acids is 2. The van der Waals surface area contributed by atoms with E-state index in [4.69, 9.17) is 0 Å². The van der Waals surface area contributed by atoms with E-state index in [-0.39, 0.29) is 0 Å². The zero-order valence-corrected chi connectivity index (χ0v) is 10.4. The maximum absolute atomic E-state index is 11.9. The van der Waals surface area contributed by atoms with Crippen LogP contribution in [0.3, 0.4) is 0 Å². The Morgan fingerprint density at radius 2 is 1.79 bits per heavy atom. The Hall–Kier alpha value is -2.05. The van der Waals surface area contributed by atoms with Crippen LogP contribution in [-0.4, -0.2) is 24.5 Å². The van der Waals surface area contributed by atoms with E-state index in [9.17, 15) is 22.8 Å². The van der Waals surface area contributed by atoms with Crippen molar-refractivity contribution in [1.82, 2.24) is 5.32 Å². The number of hydrogen-bond donors (Lipinski definition) is 2. The second-order valence-corrected chi connectivity index (χ2v) is 4.03. The molecular formula is C12H13F3N2O2. The van der Waals surface area contributed by atoms with Gasteiger partial charge in [-0.3, -0.25) is 9.59 Å². The quantitative estimate of drug-likeness (QED) is 0.884. The number of rotatable bonds is 3. The van der Waals surface area contributed by atoms with Crippen LogP contribution in [0.5, 0.6) is 0 Å². The lowest BCUT2D eigenvalue weighted by Gasteiger charge is -2.09. The average Bonchev–Trinajstić information content (AvgIpc) is 2.29. The summed E-state index contributed by atoms with van der Waals surface area (Å²) in [5.74, 6) is -2.86. The Morgan fingerprint density at radius 3 is 2.32 bits per heavy atom. The Balaban J connectivity index is 2.52. The topological polar surface area (TPSA) is 58.2 Å². The SMILES string of the molecule is Cc1ccc(NC(=O)CNC(=O)C(F)(F)F)cc1C. The minimum Gasteiger partial charge on any atom is -0.339 e. The monoisotopic (exact) mass is 274 g/mol. The number of benzene rings is 1. The lowest BCUT2D eigenvalue weighted by atomic mass is 10.1. The van der Waals surface area contributed by atoms with E-state index < -0.39 is 24.5 Å². The van der Waals surface area contributed by atoms with Crippen molar-refractivity contribution in [3.63, 3.8) is 0 Å². The number of aryl methyl sites for hydroxylation is 2. The van der Waals surface area contributed by atoms with Crippen LogP contribution in [-0.2, 0) is 9.59 Å². The highest BCUT2D eigenvalue weighted by molar-refractivity contribution is 5.95. The minimum absolute atomic E-state index is 0.467. The zero-order chi connectivity index (χ0) is 14.6. The molecule has 0 bridgehead atoms. The first-order valence-electron chi connectivity index (χ1n) is 5.42. The van der Waals surface area contributed by atoms with Crippen LogP contribution >= 0.6 is 0 Å². The molecular weight excluding hydrogens is 261 g/mol. The molecule has 7 heteroatoms. The van der Waals surface area contributed by atoms with Crippen molar-refractivity contribution >= 4 is 17.5 Å². The summed E-state index contributed by atoms with van der Waals surface area (Å²) in [6, 6.07) is 5.10. The molecule has 0 saturated heterocycles. The molecule has 0 aliphatic heterocycles.